The molecule has 1 N–H and O–H groups in total. The van der Waals surface area contributed by atoms with Crippen LogP contribution in [0.5, 0.6) is 0 Å². The van der Waals surface area contributed by atoms with E-state index in [4.69, 9.17) is 0 Å². The molecule has 1 aromatic rings. The molecule has 0 saturated heterocycles. The van der Waals surface area contributed by atoms with Gasteiger partial charge >= 0.3 is 0 Å². The number of hydrogen-bond donors (Lipinski definition) is 1. The molecule has 0 aromatic carbocycles. The third-order valence-corrected chi connectivity index (χ3v) is 4.26. The molecule has 1 aliphatic carbocycles. The summed E-state index contributed by atoms with van der Waals surface area (Å²) in [6, 6.07) is 3.81. The SMILES string of the molecule is CCNCC(CC)N(Cc1ccsc1)C1CC1. The van der Waals surface area contributed by atoms with Crippen molar-refractivity contribution in [1.29, 1.82) is 0 Å². The Hall–Kier alpha value is -0.380. The van der Waals surface area contributed by atoms with Crippen molar-refractivity contribution in [3.63, 3.8) is 0 Å². The van der Waals surface area contributed by atoms with Crippen LogP contribution in [0, 0.1) is 0 Å². The van der Waals surface area contributed by atoms with Crippen molar-refractivity contribution < 1.29 is 0 Å². The van der Waals surface area contributed by atoms with Crippen LogP contribution in [0.4, 0.5) is 0 Å². The first-order valence-electron chi connectivity index (χ1n) is 6.82. The maximum atomic E-state index is 3.50. The van der Waals surface area contributed by atoms with E-state index >= 15 is 0 Å². The van der Waals surface area contributed by atoms with Gasteiger partial charge in [-0.05, 0) is 48.2 Å². The van der Waals surface area contributed by atoms with Gasteiger partial charge in [-0.2, -0.15) is 11.3 Å². The van der Waals surface area contributed by atoms with Crippen LogP contribution in [-0.2, 0) is 6.54 Å². The highest BCUT2D eigenvalue weighted by atomic mass is 32.1. The molecule has 3 heteroatoms. The van der Waals surface area contributed by atoms with E-state index in [1.807, 2.05) is 11.3 Å². The fourth-order valence-corrected chi connectivity index (χ4v) is 3.02. The van der Waals surface area contributed by atoms with Gasteiger partial charge in [0.25, 0.3) is 0 Å². The Labute approximate surface area is 109 Å². The minimum atomic E-state index is 0.697. The zero-order valence-corrected chi connectivity index (χ0v) is 11.8. The molecule has 96 valence electrons. The van der Waals surface area contributed by atoms with Gasteiger partial charge in [0.2, 0.25) is 0 Å². The molecule has 2 rings (SSSR count). The molecule has 1 aliphatic rings. The van der Waals surface area contributed by atoms with Crippen LogP contribution in [0.3, 0.4) is 0 Å². The van der Waals surface area contributed by atoms with Crippen LogP contribution < -0.4 is 5.32 Å². The first-order chi connectivity index (χ1) is 8.35. The molecule has 0 bridgehead atoms. The first-order valence-corrected chi connectivity index (χ1v) is 7.77. The maximum Gasteiger partial charge on any atom is 0.0248 e. The average molecular weight is 252 g/mol. The lowest BCUT2D eigenvalue weighted by atomic mass is 10.1. The zero-order valence-electron chi connectivity index (χ0n) is 11.0. The molecule has 0 amide bonds. The second-order valence-electron chi connectivity index (χ2n) is 4.90. The predicted octanol–water partition coefficient (Wildman–Crippen LogP) is 3.10. The Bertz CT molecular complexity index is 306. The molecule has 1 atom stereocenters. The molecule has 17 heavy (non-hydrogen) atoms. The van der Waals surface area contributed by atoms with Gasteiger partial charge in [-0.1, -0.05) is 13.8 Å². The fourth-order valence-electron chi connectivity index (χ4n) is 2.36. The van der Waals surface area contributed by atoms with Crippen LogP contribution in [-0.4, -0.2) is 30.1 Å². The average Bonchev–Trinajstić information content (AvgIpc) is 3.06. The summed E-state index contributed by atoms with van der Waals surface area (Å²) in [5.41, 5.74) is 1.48. The topological polar surface area (TPSA) is 15.3 Å². The van der Waals surface area contributed by atoms with E-state index in [2.05, 4.69) is 40.9 Å². The summed E-state index contributed by atoms with van der Waals surface area (Å²) in [5, 5.41) is 7.98. The highest BCUT2D eigenvalue weighted by Crippen LogP contribution is 2.31. The van der Waals surface area contributed by atoms with Gasteiger partial charge < -0.3 is 5.32 Å². The van der Waals surface area contributed by atoms with E-state index in [9.17, 15) is 0 Å². The lowest BCUT2D eigenvalue weighted by molar-refractivity contribution is 0.168. The van der Waals surface area contributed by atoms with Gasteiger partial charge in [0.15, 0.2) is 0 Å². The third kappa shape index (κ3) is 3.80. The monoisotopic (exact) mass is 252 g/mol. The summed E-state index contributed by atoms with van der Waals surface area (Å²) in [4.78, 5) is 2.71. The standard InChI is InChI=1S/C14H24N2S/c1-3-13(9-15-4-2)16(14-5-6-14)10-12-7-8-17-11-12/h7-8,11,13-15H,3-6,9-10H2,1-2H3. The van der Waals surface area contributed by atoms with E-state index in [1.54, 1.807) is 0 Å². The molecule has 1 saturated carbocycles. The van der Waals surface area contributed by atoms with Gasteiger partial charge in [0.1, 0.15) is 0 Å². The van der Waals surface area contributed by atoms with Crippen LogP contribution in [0.1, 0.15) is 38.7 Å². The van der Waals surface area contributed by atoms with E-state index in [1.165, 1.54) is 24.8 Å². The minimum Gasteiger partial charge on any atom is -0.315 e. The largest absolute Gasteiger partial charge is 0.315 e. The molecule has 0 radical (unpaired) electrons. The van der Waals surface area contributed by atoms with Gasteiger partial charge in [0, 0.05) is 25.2 Å². The van der Waals surface area contributed by atoms with Crippen molar-refractivity contribution in [1.82, 2.24) is 10.2 Å². The van der Waals surface area contributed by atoms with Crippen molar-refractivity contribution in [2.24, 2.45) is 0 Å². The van der Waals surface area contributed by atoms with Crippen LogP contribution >= 0.6 is 11.3 Å². The van der Waals surface area contributed by atoms with Gasteiger partial charge in [0.05, 0.1) is 0 Å². The van der Waals surface area contributed by atoms with E-state index in [-0.39, 0.29) is 0 Å². The lowest BCUT2D eigenvalue weighted by Gasteiger charge is -2.31. The van der Waals surface area contributed by atoms with E-state index in [0.717, 1.165) is 25.7 Å². The molecule has 2 nitrogen and oxygen atoms in total. The zero-order chi connectivity index (χ0) is 12.1. The lowest BCUT2D eigenvalue weighted by Crippen LogP contribution is -2.42. The molecular weight excluding hydrogens is 228 g/mol. The number of thiophene rings is 1. The van der Waals surface area contributed by atoms with Crippen molar-refractivity contribution in [3.8, 4) is 0 Å². The summed E-state index contributed by atoms with van der Waals surface area (Å²) in [6.45, 7) is 7.84. The molecule has 0 spiro atoms. The van der Waals surface area contributed by atoms with Crippen molar-refractivity contribution in [2.45, 2.75) is 51.7 Å². The Kier molecular flexibility index (Phi) is 5.01. The summed E-state index contributed by atoms with van der Waals surface area (Å²) < 4.78 is 0. The van der Waals surface area contributed by atoms with E-state index in [0.29, 0.717) is 6.04 Å². The first kappa shape index (κ1) is 13.1. The molecule has 1 heterocycles. The number of nitrogens with one attached hydrogen (secondary N) is 1. The van der Waals surface area contributed by atoms with Gasteiger partial charge in [-0.15, -0.1) is 0 Å². The smallest absolute Gasteiger partial charge is 0.0248 e. The Balaban J connectivity index is 1.94. The quantitative estimate of drug-likeness (QED) is 0.765. The summed E-state index contributed by atoms with van der Waals surface area (Å²) >= 11 is 1.81. The van der Waals surface area contributed by atoms with E-state index < -0.39 is 0 Å². The summed E-state index contributed by atoms with van der Waals surface area (Å²) in [6.07, 6.45) is 4.03. The Morgan fingerprint density at radius 1 is 1.47 bits per heavy atom. The Morgan fingerprint density at radius 3 is 2.82 bits per heavy atom. The van der Waals surface area contributed by atoms with Crippen molar-refractivity contribution in [2.75, 3.05) is 13.1 Å². The summed E-state index contributed by atoms with van der Waals surface area (Å²) in [5.74, 6) is 0. The number of rotatable bonds is 8. The highest BCUT2D eigenvalue weighted by Gasteiger charge is 2.32. The van der Waals surface area contributed by atoms with Gasteiger partial charge in [-0.3, -0.25) is 4.90 Å². The third-order valence-electron chi connectivity index (χ3n) is 3.53. The van der Waals surface area contributed by atoms with Crippen LogP contribution in [0.15, 0.2) is 16.8 Å². The second kappa shape index (κ2) is 6.53. The van der Waals surface area contributed by atoms with Crippen LogP contribution in [0.25, 0.3) is 0 Å². The highest BCUT2D eigenvalue weighted by molar-refractivity contribution is 7.07. The number of hydrogen-bond acceptors (Lipinski definition) is 3. The van der Waals surface area contributed by atoms with Crippen molar-refractivity contribution >= 4 is 11.3 Å². The minimum absolute atomic E-state index is 0.697. The maximum absolute atomic E-state index is 3.50. The van der Waals surface area contributed by atoms with Crippen LogP contribution in [0.2, 0.25) is 0 Å². The fraction of sp³-hybridized carbons (Fsp3) is 0.714. The number of nitrogens with zero attached hydrogens (tertiary/aromatic N) is 1. The predicted molar refractivity (Wildman–Crippen MR) is 75.5 cm³/mol. The number of likely N-dealkylation sites (N-methyl/N-ethyl adjacent to an activating group) is 1. The molecule has 1 aromatic heterocycles. The molecule has 1 unspecified atom stereocenters. The van der Waals surface area contributed by atoms with Gasteiger partial charge in [-0.25, -0.2) is 0 Å². The molecule has 1 fully saturated rings. The van der Waals surface area contributed by atoms with Crippen molar-refractivity contribution in [3.05, 3.63) is 22.4 Å². The second-order valence-corrected chi connectivity index (χ2v) is 5.68. The normalized spacial score (nSPS) is 17.6. The summed E-state index contributed by atoms with van der Waals surface area (Å²) in [7, 11) is 0. The Morgan fingerprint density at radius 2 is 2.29 bits per heavy atom. The molecule has 0 aliphatic heterocycles. The molecular formula is C14H24N2S.